The summed E-state index contributed by atoms with van der Waals surface area (Å²) in [5, 5.41) is 2.68. The Bertz CT molecular complexity index is 609. The van der Waals surface area contributed by atoms with Gasteiger partial charge in [-0.15, -0.1) is 0 Å². The van der Waals surface area contributed by atoms with Gasteiger partial charge < -0.3 is 42.3 Å². The standard InChI is InChI=1S/C29H57NO10Si/c1-5-28(31)36-26-25-35-24-23-34-22-21-33-20-18-30-29(32)37-19-16-14-12-10-9-11-13-15-17-27-41(38-6-2,39-7-3)40-8-4/h5H,1,6-27H2,2-4H3,(H,30,32). The van der Waals surface area contributed by atoms with Crippen molar-refractivity contribution in [1.82, 2.24) is 5.32 Å². The fraction of sp³-hybridized carbons (Fsp3) is 0.862. The highest BCUT2D eigenvalue weighted by Crippen LogP contribution is 2.21. The minimum Gasteiger partial charge on any atom is -0.460 e. The Kier molecular flexibility index (Phi) is 28.8. The van der Waals surface area contributed by atoms with Gasteiger partial charge in [-0.25, -0.2) is 9.59 Å². The molecule has 0 fully saturated rings. The van der Waals surface area contributed by atoms with Crippen LogP contribution in [0.15, 0.2) is 12.7 Å². The second kappa shape index (κ2) is 29.9. The third-order valence-electron chi connectivity index (χ3n) is 5.85. The summed E-state index contributed by atoms with van der Waals surface area (Å²) in [7, 11) is -2.49. The third-order valence-corrected chi connectivity index (χ3v) is 9.00. The molecule has 1 N–H and O–H groups in total. The van der Waals surface area contributed by atoms with Gasteiger partial charge in [0.1, 0.15) is 6.61 Å². The molecule has 0 aliphatic rings. The molecule has 0 aromatic carbocycles. The molecule has 0 heterocycles. The highest BCUT2D eigenvalue weighted by atomic mass is 28.4. The summed E-state index contributed by atoms with van der Waals surface area (Å²) in [5.74, 6) is -0.465. The van der Waals surface area contributed by atoms with Crippen LogP contribution in [0.1, 0.15) is 78.6 Å². The number of hydrogen-bond donors (Lipinski definition) is 1. The van der Waals surface area contributed by atoms with E-state index in [0.717, 1.165) is 37.8 Å². The molecular weight excluding hydrogens is 550 g/mol. The molecule has 1 amide bonds. The van der Waals surface area contributed by atoms with Crippen LogP contribution in [0.2, 0.25) is 6.04 Å². The lowest BCUT2D eigenvalue weighted by Crippen LogP contribution is -2.45. The Balaban J connectivity index is 3.42. The van der Waals surface area contributed by atoms with Gasteiger partial charge in [0.25, 0.3) is 0 Å². The normalized spacial score (nSPS) is 11.4. The van der Waals surface area contributed by atoms with Gasteiger partial charge in [0.05, 0.1) is 46.2 Å². The molecule has 242 valence electrons. The average Bonchev–Trinajstić information content (AvgIpc) is 2.96. The van der Waals surface area contributed by atoms with Crippen molar-refractivity contribution in [3.05, 3.63) is 12.7 Å². The van der Waals surface area contributed by atoms with E-state index in [1.807, 2.05) is 20.8 Å². The number of esters is 1. The van der Waals surface area contributed by atoms with E-state index in [1.54, 1.807) is 0 Å². The Morgan fingerprint density at radius 2 is 1.07 bits per heavy atom. The van der Waals surface area contributed by atoms with Crippen molar-refractivity contribution in [3.63, 3.8) is 0 Å². The number of hydrogen-bond acceptors (Lipinski definition) is 10. The van der Waals surface area contributed by atoms with Gasteiger partial charge in [0.2, 0.25) is 0 Å². The predicted octanol–water partition coefficient (Wildman–Crippen LogP) is 5.05. The molecule has 0 saturated carbocycles. The van der Waals surface area contributed by atoms with Gasteiger partial charge in [-0.2, -0.15) is 0 Å². The van der Waals surface area contributed by atoms with Crippen LogP contribution in [0.25, 0.3) is 0 Å². The van der Waals surface area contributed by atoms with Crippen molar-refractivity contribution in [1.29, 1.82) is 0 Å². The lowest BCUT2D eigenvalue weighted by atomic mass is 10.1. The molecule has 0 spiro atoms. The van der Waals surface area contributed by atoms with Crippen LogP contribution < -0.4 is 5.32 Å². The van der Waals surface area contributed by atoms with Gasteiger partial charge in [-0.05, 0) is 33.6 Å². The molecule has 0 aromatic rings. The van der Waals surface area contributed by atoms with Crippen LogP contribution in [0.5, 0.6) is 0 Å². The average molecular weight is 608 g/mol. The van der Waals surface area contributed by atoms with E-state index in [9.17, 15) is 9.59 Å². The molecule has 0 unspecified atom stereocenters. The summed E-state index contributed by atoms with van der Waals surface area (Å²) >= 11 is 0. The maximum Gasteiger partial charge on any atom is 0.500 e. The monoisotopic (exact) mass is 607 g/mol. The minimum atomic E-state index is -2.49. The molecule has 12 heteroatoms. The summed E-state index contributed by atoms with van der Waals surface area (Å²) in [5.41, 5.74) is 0. The molecule has 0 bridgehead atoms. The molecular formula is C29H57NO10Si. The second-order valence-electron chi connectivity index (χ2n) is 9.19. The maximum atomic E-state index is 11.7. The second-order valence-corrected chi connectivity index (χ2v) is 11.9. The zero-order valence-corrected chi connectivity index (χ0v) is 26.9. The van der Waals surface area contributed by atoms with Gasteiger partial charge in [0.15, 0.2) is 0 Å². The van der Waals surface area contributed by atoms with E-state index in [4.69, 9.17) is 37.0 Å². The number of carbonyl (C=O) groups excluding carboxylic acids is 2. The quantitative estimate of drug-likeness (QED) is 0.0496. The Hall–Kier alpha value is -1.54. The molecule has 11 nitrogen and oxygen atoms in total. The zero-order chi connectivity index (χ0) is 30.3. The van der Waals surface area contributed by atoms with E-state index >= 15 is 0 Å². The Morgan fingerprint density at radius 1 is 0.610 bits per heavy atom. The van der Waals surface area contributed by atoms with Crippen molar-refractivity contribution in [2.75, 3.05) is 79.2 Å². The molecule has 0 atom stereocenters. The summed E-state index contributed by atoms with van der Waals surface area (Å²) in [4.78, 5) is 22.6. The molecule has 41 heavy (non-hydrogen) atoms. The highest BCUT2D eigenvalue weighted by Gasteiger charge is 2.39. The van der Waals surface area contributed by atoms with Crippen molar-refractivity contribution < 1.29 is 46.6 Å². The fourth-order valence-corrected chi connectivity index (χ4v) is 6.61. The first-order valence-corrected chi connectivity index (χ1v) is 17.3. The number of alkyl carbamates (subject to hydrolysis) is 1. The van der Waals surface area contributed by atoms with Gasteiger partial charge >= 0.3 is 20.9 Å². The predicted molar refractivity (Wildman–Crippen MR) is 160 cm³/mol. The van der Waals surface area contributed by atoms with Crippen LogP contribution >= 0.6 is 0 Å². The van der Waals surface area contributed by atoms with Crippen LogP contribution in [-0.2, 0) is 41.8 Å². The van der Waals surface area contributed by atoms with Gasteiger partial charge in [-0.3, -0.25) is 0 Å². The Labute approximate surface area is 249 Å². The maximum absolute atomic E-state index is 11.7. The largest absolute Gasteiger partial charge is 0.500 e. The van der Waals surface area contributed by atoms with Crippen LogP contribution in [0.3, 0.4) is 0 Å². The number of nitrogens with one attached hydrogen (secondary N) is 1. The number of amides is 1. The van der Waals surface area contributed by atoms with Crippen molar-refractivity contribution in [2.24, 2.45) is 0 Å². The molecule has 0 aromatic heterocycles. The number of unbranched alkanes of at least 4 members (excludes halogenated alkanes) is 8. The van der Waals surface area contributed by atoms with Crippen LogP contribution in [0.4, 0.5) is 4.79 Å². The summed E-state index contributed by atoms with van der Waals surface area (Å²) in [6.07, 6.45) is 11.0. The first-order valence-electron chi connectivity index (χ1n) is 15.4. The number of ether oxygens (including phenoxy) is 5. The summed E-state index contributed by atoms with van der Waals surface area (Å²) in [6, 6.07) is 0.898. The van der Waals surface area contributed by atoms with Crippen molar-refractivity contribution in [3.8, 4) is 0 Å². The van der Waals surface area contributed by atoms with Gasteiger partial charge in [0, 0.05) is 38.5 Å². The van der Waals surface area contributed by atoms with E-state index in [2.05, 4.69) is 11.9 Å². The zero-order valence-electron chi connectivity index (χ0n) is 25.9. The van der Waals surface area contributed by atoms with Crippen LogP contribution in [0, 0.1) is 0 Å². The number of carbonyl (C=O) groups is 2. The lowest BCUT2D eigenvalue weighted by molar-refractivity contribution is -0.139. The Morgan fingerprint density at radius 3 is 1.59 bits per heavy atom. The first kappa shape index (κ1) is 39.5. The van der Waals surface area contributed by atoms with E-state index in [0.29, 0.717) is 72.6 Å². The molecule has 0 radical (unpaired) electrons. The summed E-state index contributed by atoms with van der Waals surface area (Å²) < 4.78 is 43.8. The molecule has 0 rings (SSSR count). The van der Waals surface area contributed by atoms with Crippen molar-refractivity contribution >= 4 is 20.9 Å². The third kappa shape index (κ3) is 25.9. The van der Waals surface area contributed by atoms with Crippen molar-refractivity contribution in [2.45, 2.75) is 84.6 Å². The topological polar surface area (TPSA) is 120 Å². The SMILES string of the molecule is C=CC(=O)OCCOCCOCCOCCNC(=O)OCCCCCCCCCCC[Si](OCC)(OCC)OCC. The molecule has 0 aliphatic carbocycles. The molecule has 0 aliphatic heterocycles. The number of rotatable bonds is 31. The first-order chi connectivity index (χ1) is 20.0. The smallest absolute Gasteiger partial charge is 0.460 e. The van der Waals surface area contributed by atoms with Crippen LogP contribution in [-0.4, -0.2) is 100 Å². The van der Waals surface area contributed by atoms with E-state index in [1.165, 1.54) is 32.1 Å². The highest BCUT2D eigenvalue weighted by molar-refractivity contribution is 6.60. The van der Waals surface area contributed by atoms with E-state index < -0.39 is 20.9 Å². The van der Waals surface area contributed by atoms with E-state index in [-0.39, 0.29) is 6.61 Å². The minimum absolute atomic E-state index is 0.189. The molecule has 0 saturated heterocycles. The van der Waals surface area contributed by atoms with Gasteiger partial charge in [-0.1, -0.05) is 51.5 Å². The summed E-state index contributed by atoms with van der Waals surface area (Å²) in [6.45, 7) is 14.6. The fourth-order valence-electron chi connectivity index (χ4n) is 3.93. The lowest BCUT2D eigenvalue weighted by Gasteiger charge is -2.28.